The van der Waals surface area contributed by atoms with E-state index in [-0.39, 0.29) is 16.8 Å². The number of aryl methyl sites for hydroxylation is 1. The SMILES string of the molecule is Cc1ccc(NC(=O)c2ccc(N3C(=O)c4ccc(C(c5ccc6c(c5)C(=O)N(C)C6=O)(C(F)(F)F)C(F)(F)F)cc4C3=O)cc2)cc1. The summed E-state index contributed by atoms with van der Waals surface area (Å²) in [5.74, 6) is -4.69. The van der Waals surface area contributed by atoms with Crippen LogP contribution in [-0.4, -0.2) is 53.8 Å². The maximum absolute atomic E-state index is 14.9. The third-order valence-electron chi connectivity index (χ3n) is 8.39. The number of fused-ring (bicyclic) bond motifs is 2. The van der Waals surface area contributed by atoms with E-state index in [1.54, 1.807) is 24.3 Å². The number of hydrogen-bond donors (Lipinski definition) is 1. The first-order chi connectivity index (χ1) is 22.5. The summed E-state index contributed by atoms with van der Waals surface area (Å²) in [5, 5.41) is 2.68. The highest BCUT2D eigenvalue weighted by Gasteiger charge is 2.73. The van der Waals surface area contributed by atoms with E-state index in [1.807, 2.05) is 6.92 Å². The lowest BCUT2D eigenvalue weighted by Crippen LogP contribution is -2.55. The van der Waals surface area contributed by atoms with Gasteiger partial charge in [0.1, 0.15) is 0 Å². The molecule has 5 amide bonds. The number of alkyl halides is 6. The van der Waals surface area contributed by atoms with Gasteiger partial charge in [-0.25, -0.2) is 4.90 Å². The molecule has 2 heterocycles. The highest BCUT2D eigenvalue weighted by molar-refractivity contribution is 6.34. The highest BCUT2D eigenvalue weighted by Crippen LogP contribution is 2.57. The number of hydrogen-bond acceptors (Lipinski definition) is 5. The lowest BCUT2D eigenvalue weighted by molar-refractivity contribution is -0.288. The summed E-state index contributed by atoms with van der Waals surface area (Å²) in [5.41, 5.74) is -8.26. The molecular weight excluding hydrogens is 644 g/mol. The van der Waals surface area contributed by atoms with E-state index in [0.717, 1.165) is 18.7 Å². The van der Waals surface area contributed by atoms with Gasteiger partial charge in [-0.1, -0.05) is 29.8 Å². The van der Waals surface area contributed by atoms with Crippen molar-refractivity contribution in [3.05, 3.63) is 129 Å². The zero-order valence-corrected chi connectivity index (χ0v) is 24.8. The highest BCUT2D eigenvalue weighted by atomic mass is 19.4. The Morgan fingerprint density at radius 3 is 1.58 bits per heavy atom. The van der Waals surface area contributed by atoms with Crippen molar-refractivity contribution < 1.29 is 50.3 Å². The number of nitrogens with zero attached hydrogens (tertiary/aromatic N) is 2. The Morgan fingerprint density at radius 1 is 0.604 bits per heavy atom. The first-order valence-corrected chi connectivity index (χ1v) is 14.1. The van der Waals surface area contributed by atoms with Crippen LogP contribution >= 0.6 is 0 Å². The summed E-state index contributed by atoms with van der Waals surface area (Å²) in [7, 11) is 1.04. The fourth-order valence-corrected chi connectivity index (χ4v) is 5.89. The molecule has 2 aliphatic heterocycles. The number of halogens is 6. The standard InChI is InChI=1S/C34H21F6N3O5/c1-17-3-9-21(10-4-17)41-27(44)18-5-11-22(12-6-18)43-30(47)24-14-8-20(16-26(24)31(43)48)32(33(35,36)37,34(38,39)40)19-7-13-23-25(15-19)29(46)42(2)28(23)45/h3-16H,1-2H3,(H,41,44). The molecule has 14 heteroatoms. The summed E-state index contributed by atoms with van der Waals surface area (Å²) < 4.78 is 89.4. The van der Waals surface area contributed by atoms with E-state index in [9.17, 15) is 50.3 Å². The van der Waals surface area contributed by atoms with E-state index in [0.29, 0.717) is 45.8 Å². The zero-order valence-electron chi connectivity index (χ0n) is 24.8. The van der Waals surface area contributed by atoms with Crippen LogP contribution in [0.3, 0.4) is 0 Å². The van der Waals surface area contributed by atoms with Crippen molar-refractivity contribution >= 4 is 40.9 Å². The number of anilines is 2. The van der Waals surface area contributed by atoms with E-state index < -0.39 is 75.1 Å². The molecule has 0 aliphatic carbocycles. The van der Waals surface area contributed by atoms with Crippen molar-refractivity contribution in [1.82, 2.24) is 4.90 Å². The van der Waals surface area contributed by atoms with E-state index in [1.165, 1.54) is 24.3 Å². The molecule has 0 saturated heterocycles. The lowest BCUT2D eigenvalue weighted by atomic mass is 9.71. The van der Waals surface area contributed by atoms with Gasteiger partial charge < -0.3 is 5.32 Å². The molecule has 4 aromatic rings. The van der Waals surface area contributed by atoms with Crippen LogP contribution in [0.2, 0.25) is 0 Å². The third-order valence-corrected chi connectivity index (χ3v) is 8.39. The molecule has 0 bridgehead atoms. The maximum atomic E-state index is 14.9. The number of rotatable bonds is 5. The van der Waals surface area contributed by atoms with Gasteiger partial charge in [0.2, 0.25) is 5.41 Å². The van der Waals surface area contributed by atoms with Crippen molar-refractivity contribution in [1.29, 1.82) is 0 Å². The van der Waals surface area contributed by atoms with Crippen LogP contribution in [0.15, 0.2) is 84.9 Å². The first kappa shape index (κ1) is 32.2. The average molecular weight is 666 g/mol. The van der Waals surface area contributed by atoms with Crippen LogP contribution < -0.4 is 10.2 Å². The van der Waals surface area contributed by atoms with Crippen molar-refractivity contribution in [3.63, 3.8) is 0 Å². The van der Waals surface area contributed by atoms with Crippen molar-refractivity contribution in [3.8, 4) is 0 Å². The minimum absolute atomic E-state index is 0.0848. The van der Waals surface area contributed by atoms with Crippen LogP contribution in [0.5, 0.6) is 0 Å². The quantitative estimate of drug-likeness (QED) is 0.189. The monoisotopic (exact) mass is 665 g/mol. The van der Waals surface area contributed by atoms with Gasteiger partial charge in [-0.15, -0.1) is 0 Å². The molecule has 2 aliphatic rings. The Morgan fingerprint density at radius 2 is 1.06 bits per heavy atom. The van der Waals surface area contributed by atoms with Crippen LogP contribution in [0, 0.1) is 6.92 Å². The molecule has 1 N–H and O–H groups in total. The summed E-state index contributed by atoms with van der Waals surface area (Å²) in [4.78, 5) is 65.3. The fraction of sp³-hybridized carbons (Fsp3) is 0.147. The van der Waals surface area contributed by atoms with Crippen molar-refractivity contribution in [2.45, 2.75) is 24.7 Å². The molecule has 4 aromatic carbocycles. The second kappa shape index (κ2) is 10.9. The predicted octanol–water partition coefficient (Wildman–Crippen LogP) is 6.68. The van der Waals surface area contributed by atoms with Gasteiger partial charge in [0.15, 0.2) is 0 Å². The van der Waals surface area contributed by atoms with Gasteiger partial charge in [0, 0.05) is 18.3 Å². The Kier molecular flexibility index (Phi) is 7.30. The fourth-order valence-electron chi connectivity index (χ4n) is 5.89. The molecule has 6 rings (SSSR count). The molecule has 0 radical (unpaired) electrons. The molecule has 0 spiro atoms. The van der Waals surface area contributed by atoms with Gasteiger partial charge in [0.05, 0.1) is 27.9 Å². The van der Waals surface area contributed by atoms with Crippen LogP contribution in [0.4, 0.5) is 37.7 Å². The molecule has 0 aromatic heterocycles. The number of amides is 5. The van der Waals surface area contributed by atoms with Crippen LogP contribution in [0.1, 0.15) is 68.5 Å². The lowest BCUT2D eigenvalue weighted by Gasteiger charge is -2.38. The van der Waals surface area contributed by atoms with Crippen LogP contribution in [-0.2, 0) is 5.41 Å². The van der Waals surface area contributed by atoms with Gasteiger partial charge >= 0.3 is 12.4 Å². The van der Waals surface area contributed by atoms with E-state index in [2.05, 4.69) is 5.32 Å². The molecule has 0 fully saturated rings. The maximum Gasteiger partial charge on any atom is 0.411 e. The van der Waals surface area contributed by atoms with Gasteiger partial charge in [-0.3, -0.25) is 28.9 Å². The summed E-state index contributed by atoms with van der Waals surface area (Å²) in [6.07, 6.45) is -12.2. The molecule has 0 unspecified atom stereocenters. The molecule has 8 nitrogen and oxygen atoms in total. The predicted molar refractivity (Wildman–Crippen MR) is 159 cm³/mol. The first-order valence-electron chi connectivity index (χ1n) is 14.1. The summed E-state index contributed by atoms with van der Waals surface area (Å²) >= 11 is 0. The smallest absolute Gasteiger partial charge is 0.322 e. The Balaban J connectivity index is 1.38. The summed E-state index contributed by atoms with van der Waals surface area (Å²) in [6.45, 7) is 1.87. The topological polar surface area (TPSA) is 104 Å². The van der Waals surface area contributed by atoms with Gasteiger partial charge in [0.25, 0.3) is 29.5 Å². The van der Waals surface area contributed by atoms with Gasteiger partial charge in [-0.05, 0) is 78.7 Å². The van der Waals surface area contributed by atoms with E-state index in [4.69, 9.17) is 0 Å². The zero-order chi connectivity index (χ0) is 34.9. The average Bonchev–Trinajstić information content (AvgIpc) is 3.40. The number of carbonyl (C=O) groups excluding carboxylic acids is 5. The number of benzene rings is 4. The normalized spacial score (nSPS) is 14.8. The molecule has 48 heavy (non-hydrogen) atoms. The molecular formula is C34H21F6N3O5. The Labute approximate surface area is 267 Å². The third kappa shape index (κ3) is 4.74. The second-order valence-electron chi connectivity index (χ2n) is 11.2. The van der Waals surface area contributed by atoms with E-state index >= 15 is 0 Å². The number of nitrogens with one attached hydrogen (secondary N) is 1. The molecule has 0 atom stereocenters. The van der Waals surface area contributed by atoms with Crippen molar-refractivity contribution in [2.24, 2.45) is 0 Å². The number of imide groups is 2. The number of carbonyl (C=O) groups is 5. The van der Waals surface area contributed by atoms with Gasteiger partial charge in [-0.2, -0.15) is 26.3 Å². The minimum atomic E-state index is -6.08. The largest absolute Gasteiger partial charge is 0.411 e. The molecule has 244 valence electrons. The second-order valence-corrected chi connectivity index (χ2v) is 11.2. The Hall–Kier alpha value is -5.79. The molecule has 0 saturated carbocycles. The van der Waals surface area contributed by atoms with Crippen LogP contribution in [0.25, 0.3) is 0 Å². The van der Waals surface area contributed by atoms with Crippen molar-refractivity contribution in [2.75, 3.05) is 17.3 Å². The summed E-state index contributed by atoms with van der Waals surface area (Å²) in [6, 6.07) is 15.1. The minimum Gasteiger partial charge on any atom is -0.322 e. The Bertz CT molecular complexity index is 2040.